The van der Waals surface area contributed by atoms with Crippen molar-refractivity contribution < 1.29 is 18.3 Å². The van der Waals surface area contributed by atoms with Crippen LogP contribution < -0.4 is 5.73 Å². The number of carbonyl (C=O) groups is 1. The molecule has 6 heteroatoms. The van der Waals surface area contributed by atoms with E-state index in [0.29, 0.717) is 6.42 Å². The fourth-order valence-electron chi connectivity index (χ4n) is 1.31. The highest BCUT2D eigenvalue weighted by atomic mass is 32.2. The van der Waals surface area contributed by atoms with E-state index in [9.17, 15) is 13.2 Å². The minimum absolute atomic E-state index is 0.0681. The quantitative estimate of drug-likeness (QED) is 0.576. The molecule has 1 aliphatic heterocycles. The van der Waals surface area contributed by atoms with E-state index in [1.54, 1.807) is 0 Å². The Morgan fingerprint density at radius 3 is 2.50 bits per heavy atom. The lowest BCUT2D eigenvalue weighted by molar-refractivity contribution is -0.139. The van der Waals surface area contributed by atoms with Gasteiger partial charge in [0.1, 0.15) is 6.04 Å². The lowest BCUT2D eigenvalue weighted by Gasteiger charge is -2.11. The lowest BCUT2D eigenvalue weighted by Crippen LogP contribution is -2.38. The topological polar surface area (TPSA) is 97.5 Å². The zero-order valence-corrected chi connectivity index (χ0v) is 7.25. The number of carboxylic acid groups (broad SMARTS) is 1. The third-order valence-corrected chi connectivity index (χ3v) is 3.85. The van der Waals surface area contributed by atoms with Crippen LogP contribution in [0.2, 0.25) is 0 Å². The predicted octanol–water partition coefficient (Wildman–Crippen LogP) is -1.17. The van der Waals surface area contributed by atoms with E-state index in [0.717, 1.165) is 0 Å². The molecule has 0 aromatic heterocycles. The van der Waals surface area contributed by atoms with Crippen molar-refractivity contribution in [3.8, 4) is 0 Å². The predicted molar refractivity (Wildman–Crippen MR) is 42.4 cm³/mol. The van der Waals surface area contributed by atoms with Gasteiger partial charge in [-0.15, -0.1) is 0 Å². The second-order valence-electron chi connectivity index (χ2n) is 3.03. The summed E-state index contributed by atoms with van der Waals surface area (Å²) in [5, 5.41) is 8.49. The first-order chi connectivity index (χ1) is 5.42. The Bertz CT molecular complexity index is 284. The van der Waals surface area contributed by atoms with Crippen LogP contribution in [-0.2, 0) is 14.6 Å². The van der Waals surface area contributed by atoms with Crippen molar-refractivity contribution in [3.05, 3.63) is 0 Å². The van der Waals surface area contributed by atoms with Crippen LogP contribution in [0, 0.1) is 5.92 Å². The van der Waals surface area contributed by atoms with Crippen LogP contribution >= 0.6 is 0 Å². The molecule has 1 unspecified atom stereocenters. The number of carboxylic acids is 1. The van der Waals surface area contributed by atoms with Crippen molar-refractivity contribution in [3.63, 3.8) is 0 Å². The molecule has 3 N–H and O–H groups in total. The van der Waals surface area contributed by atoms with Crippen LogP contribution in [-0.4, -0.2) is 37.0 Å². The fourth-order valence-corrected chi connectivity index (χ4v) is 3.16. The van der Waals surface area contributed by atoms with E-state index in [-0.39, 0.29) is 11.5 Å². The molecule has 0 saturated carbocycles. The molecule has 5 nitrogen and oxygen atoms in total. The molecular weight excluding hydrogens is 182 g/mol. The molecule has 1 saturated heterocycles. The van der Waals surface area contributed by atoms with Crippen LogP contribution in [0.3, 0.4) is 0 Å². The summed E-state index contributed by atoms with van der Waals surface area (Å²) in [4.78, 5) is 10.4. The van der Waals surface area contributed by atoms with Crippen LogP contribution in [0.15, 0.2) is 0 Å². The van der Waals surface area contributed by atoms with Crippen LogP contribution in [0.4, 0.5) is 0 Å². The maximum absolute atomic E-state index is 10.9. The number of sulfone groups is 1. The SMILES string of the molecule is N[C@H](C(=O)O)C1CCS(=O)(=O)C1. The lowest BCUT2D eigenvalue weighted by atomic mass is 10.0. The standard InChI is InChI=1S/C6H11NO4S/c7-5(6(8)9)4-1-2-12(10,11)3-4/h4-5H,1-3,7H2,(H,8,9)/t4?,5-/m0/s1. The Morgan fingerprint density at radius 1 is 1.58 bits per heavy atom. The van der Waals surface area contributed by atoms with Crippen LogP contribution in [0.5, 0.6) is 0 Å². The number of rotatable bonds is 2. The summed E-state index contributed by atoms with van der Waals surface area (Å²) in [6.45, 7) is 0. The van der Waals surface area contributed by atoms with Gasteiger partial charge in [0, 0.05) is 0 Å². The molecule has 0 aliphatic carbocycles. The smallest absolute Gasteiger partial charge is 0.320 e. The number of aliphatic carboxylic acids is 1. The van der Waals surface area contributed by atoms with Gasteiger partial charge in [-0.3, -0.25) is 4.79 Å². The molecule has 0 spiro atoms. The highest BCUT2D eigenvalue weighted by Gasteiger charge is 2.34. The largest absolute Gasteiger partial charge is 0.480 e. The third kappa shape index (κ3) is 1.95. The molecule has 70 valence electrons. The summed E-state index contributed by atoms with van der Waals surface area (Å²) < 4.78 is 21.8. The van der Waals surface area contributed by atoms with Crippen molar-refractivity contribution in [2.24, 2.45) is 11.7 Å². The number of hydrogen-bond acceptors (Lipinski definition) is 4. The summed E-state index contributed by atoms with van der Waals surface area (Å²) in [6.07, 6.45) is 0.371. The summed E-state index contributed by atoms with van der Waals surface area (Å²) in [5.41, 5.74) is 5.28. The second kappa shape index (κ2) is 3.02. The van der Waals surface area contributed by atoms with E-state index in [1.807, 2.05) is 0 Å². The van der Waals surface area contributed by atoms with Crippen molar-refractivity contribution in [1.82, 2.24) is 0 Å². The first-order valence-corrected chi connectivity index (χ1v) is 5.43. The average Bonchev–Trinajstić information content (AvgIpc) is 2.28. The van der Waals surface area contributed by atoms with Gasteiger partial charge in [-0.1, -0.05) is 0 Å². The van der Waals surface area contributed by atoms with Crippen molar-refractivity contribution in [2.75, 3.05) is 11.5 Å². The van der Waals surface area contributed by atoms with E-state index < -0.39 is 27.8 Å². The summed E-state index contributed by atoms with van der Waals surface area (Å²) in [7, 11) is -3.02. The van der Waals surface area contributed by atoms with Gasteiger partial charge in [0.15, 0.2) is 9.84 Å². The molecule has 12 heavy (non-hydrogen) atoms. The molecule has 1 fully saturated rings. The highest BCUT2D eigenvalue weighted by molar-refractivity contribution is 7.91. The zero-order valence-electron chi connectivity index (χ0n) is 6.43. The molecule has 0 bridgehead atoms. The molecule has 2 atom stereocenters. The van der Waals surface area contributed by atoms with Gasteiger partial charge in [0.25, 0.3) is 0 Å². The molecule has 1 heterocycles. The van der Waals surface area contributed by atoms with Crippen LogP contribution in [0.1, 0.15) is 6.42 Å². The molecular formula is C6H11NO4S. The first-order valence-electron chi connectivity index (χ1n) is 3.61. The molecule has 0 amide bonds. The van der Waals surface area contributed by atoms with Gasteiger partial charge in [0.05, 0.1) is 11.5 Å². The summed E-state index contributed by atoms with van der Waals surface area (Å²) >= 11 is 0. The fraction of sp³-hybridized carbons (Fsp3) is 0.833. The Balaban J connectivity index is 2.64. The second-order valence-corrected chi connectivity index (χ2v) is 5.26. The Labute approximate surface area is 70.5 Å². The minimum atomic E-state index is -3.02. The molecule has 0 radical (unpaired) electrons. The van der Waals surface area contributed by atoms with Gasteiger partial charge in [-0.2, -0.15) is 0 Å². The van der Waals surface area contributed by atoms with Gasteiger partial charge >= 0.3 is 5.97 Å². The van der Waals surface area contributed by atoms with E-state index in [1.165, 1.54) is 0 Å². The Kier molecular flexibility index (Phi) is 2.39. The first kappa shape index (κ1) is 9.47. The van der Waals surface area contributed by atoms with Gasteiger partial charge in [-0.05, 0) is 12.3 Å². The molecule has 1 rings (SSSR count). The normalized spacial score (nSPS) is 29.9. The van der Waals surface area contributed by atoms with Crippen LogP contribution in [0.25, 0.3) is 0 Å². The Morgan fingerprint density at radius 2 is 2.17 bits per heavy atom. The molecule has 1 aliphatic rings. The maximum Gasteiger partial charge on any atom is 0.320 e. The average molecular weight is 193 g/mol. The van der Waals surface area contributed by atoms with E-state index in [2.05, 4.69) is 0 Å². The van der Waals surface area contributed by atoms with Crippen molar-refractivity contribution >= 4 is 15.8 Å². The van der Waals surface area contributed by atoms with E-state index >= 15 is 0 Å². The van der Waals surface area contributed by atoms with Gasteiger partial charge in [-0.25, -0.2) is 8.42 Å². The highest BCUT2D eigenvalue weighted by Crippen LogP contribution is 2.20. The van der Waals surface area contributed by atoms with Crippen molar-refractivity contribution in [2.45, 2.75) is 12.5 Å². The van der Waals surface area contributed by atoms with Gasteiger partial charge < -0.3 is 10.8 Å². The third-order valence-electron chi connectivity index (χ3n) is 2.06. The summed E-state index contributed by atoms with van der Waals surface area (Å²) in [5.74, 6) is -1.55. The molecule has 0 aromatic rings. The maximum atomic E-state index is 10.9. The Hall–Kier alpha value is -0.620. The molecule has 0 aromatic carbocycles. The monoisotopic (exact) mass is 193 g/mol. The summed E-state index contributed by atoms with van der Waals surface area (Å²) in [6, 6.07) is -1.04. The van der Waals surface area contributed by atoms with E-state index in [4.69, 9.17) is 10.8 Å². The number of hydrogen-bond donors (Lipinski definition) is 2. The van der Waals surface area contributed by atoms with Crippen molar-refractivity contribution in [1.29, 1.82) is 0 Å². The van der Waals surface area contributed by atoms with Gasteiger partial charge in [0.2, 0.25) is 0 Å². The minimum Gasteiger partial charge on any atom is -0.480 e. The zero-order chi connectivity index (χ0) is 9.35. The number of nitrogens with two attached hydrogens (primary N) is 1.